The third kappa shape index (κ3) is 2.74. The van der Waals surface area contributed by atoms with Crippen LogP contribution in [0.25, 0.3) is 10.9 Å². The lowest BCUT2D eigenvalue weighted by atomic mass is 10.0. The molecule has 0 radical (unpaired) electrons. The lowest BCUT2D eigenvalue weighted by Gasteiger charge is -2.26. The Kier molecular flexibility index (Phi) is 3.98. The van der Waals surface area contributed by atoms with E-state index in [1.54, 1.807) is 12.1 Å². The van der Waals surface area contributed by atoms with E-state index in [-0.39, 0.29) is 11.7 Å². The maximum absolute atomic E-state index is 11.0. The largest absolute Gasteiger partial charge is 0.350 e. The zero-order valence-electron chi connectivity index (χ0n) is 14.0. The zero-order valence-corrected chi connectivity index (χ0v) is 14.0. The molecule has 6 nitrogen and oxygen atoms in total. The summed E-state index contributed by atoms with van der Waals surface area (Å²) < 4.78 is 0. The molecule has 2 heterocycles. The molecule has 0 amide bonds. The average Bonchev–Trinajstić information content (AvgIpc) is 3.17. The first-order valence-corrected chi connectivity index (χ1v) is 8.48. The Morgan fingerprint density at radius 2 is 2.00 bits per heavy atom. The van der Waals surface area contributed by atoms with Crippen molar-refractivity contribution in [1.82, 2.24) is 4.98 Å². The Labute approximate surface area is 150 Å². The molecule has 1 aliphatic rings. The molecule has 1 unspecified atom stereocenters. The van der Waals surface area contributed by atoms with Crippen LogP contribution in [0.1, 0.15) is 30.0 Å². The van der Waals surface area contributed by atoms with Crippen LogP contribution in [0.3, 0.4) is 0 Å². The number of benzene rings is 2. The van der Waals surface area contributed by atoms with Gasteiger partial charge in [-0.1, -0.05) is 30.3 Å². The summed E-state index contributed by atoms with van der Waals surface area (Å²) in [6, 6.07) is 18.9. The average molecular weight is 344 g/mol. The summed E-state index contributed by atoms with van der Waals surface area (Å²) in [4.78, 5) is 17.5. The van der Waals surface area contributed by atoms with E-state index < -0.39 is 4.92 Å². The van der Waals surface area contributed by atoms with Crippen molar-refractivity contribution in [2.75, 3.05) is 11.4 Å². The number of nitro benzene ring substituents is 1. The number of anilines is 1. The second-order valence-corrected chi connectivity index (χ2v) is 6.36. The minimum absolute atomic E-state index is 0.0353. The predicted octanol–water partition coefficient (Wildman–Crippen LogP) is 4.36. The number of hydrogen-bond acceptors (Lipinski definition) is 5. The van der Waals surface area contributed by atoms with Crippen molar-refractivity contribution in [1.29, 1.82) is 5.26 Å². The summed E-state index contributed by atoms with van der Waals surface area (Å²) >= 11 is 0. The number of nitriles is 1. The van der Waals surface area contributed by atoms with E-state index in [0.717, 1.165) is 25.2 Å². The molecule has 128 valence electrons. The Balaban J connectivity index is 1.81. The lowest BCUT2D eigenvalue weighted by Crippen LogP contribution is -2.23. The molecule has 0 bridgehead atoms. The number of nitrogens with zero attached hydrogens (tertiary/aromatic N) is 4. The quantitative estimate of drug-likeness (QED) is 0.521. The lowest BCUT2D eigenvalue weighted by molar-refractivity contribution is -0.384. The van der Waals surface area contributed by atoms with Crippen LogP contribution in [0.15, 0.2) is 54.6 Å². The number of rotatable bonds is 3. The highest BCUT2D eigenvalue weighted by Gasteiger charge is 2.27. The Morgan fingerprint density at radius 1 is 1.19 bits per heavy atom. The molecule has 2 aromatic carbocycles. The van der Waals surface area contributed by atoms with Gasteiger partial charge in [-0.3, -0.25) is 10.1 Å². The molecule has 0 spiro atoms. The van der Waals surface area contributed by atoms with Crippen LogP contribution < -0.4 is 4.90 Å². The van der Waals surface area contributed by atoms with Gasteiger partial charge in [-0.25, -0.2) is 4.98 Å². The van der Waals surface area contributed by atoms with Gasteiger partial charge in [0, 0.05) is 24.1 Å². The molecule has 6 heteroatoms. The van der Waals surface area contributed by atoms with Crippen molar-refractivity contribution in [3.63, 3.8) is 0 Å². The van der Waals surface area contributed by atoms with E-state index in [1.807, 2.05) is 18.2 Å². The van der Waals surface area contributed by atoms with Gasteiger partial charge in [0.1, 0.15) is 5.82 Å². The monoisotopic (exact) mass is 344 g/mol. The molecule has 1 saturated heterocycles. The third-order valence-corrected chi connectivity index (χ3v) is 4.84. The van der Waals surface area contributed by atoms with Gasteiger partial charge in [0.05, 0.1) is 28.1 Å². The standard InChI is InChI=1S/C20H16N4O2/c21-13-15-11-20(22-18-9-8-16(24(25)26)12-17(15)18)23-10-4-7-19(23)14-5-2-1-3-6-14/h1-3,5-6,8-9,11-12,19H,4,7,10H2. The normalized spacial score (nSPS) is 16.6. The molecule has 0 N–H and O–H groups in total. The van der Waals surface area contributed by atoms with Crippen LogP contribution in [-0.2, 0) is 0 Å². The predicted molar refractivity (Wildman–Crippen MR) is 98.9 cm³/mol. The highest BCUT2D eigenvalue weighted by molar-refractivity contribution is 5.88. The van der Waals surface area contributed by atoms with Gasteiger partial charge >= 0.3 is 0 Å². The van der Waals surface area contributed by atoms with Crippen LogP contribution in [0.5, 0.6) is 0 Å². The number of non-ortho nitro benzene ring substituents is 1. The second kappa shape index (κ2) is 6.45. The van der Waals surface area contributed by atoms with E-state index >= 15 is 0 Å². The smallest absolute Gasteiger partial charge is 0.270 e. The zero-order chi connectivity index (χ0) is 18.1. The number of fused-ring (bicyclic) bond motifs is 1. The van der Waals surface area contributed by atoms with Crippen molar-refractivity contribution >= 4 is 22.4 Å². The van der Waals surface area contributed by atoms with Gasteiger partial charge in [0.15, 0.2) is 0 Å². The molecule has 0 aliphatic carbocycles. The van der Waals surface area contributed by atoms with Gasteiger partial charge in [0.2, 0.25) is 0 Å². The van der Waals surface area contributed by atoms with E-state index in [0.29, 0.717) is 16.5 Å². The van der Waals surface area contributed by atoms with Gasteiger partial charge in [0.25, 0.3) is 5.69 Å². The van der Waals surface area contributed by atoms with Crippen molar-refractivity contribution in [2.24, 2.45) is 0 Å². The van der Waals surface area contributed by atoms with Gasteiger partial charge in [-0.05, 0) is 30.5 Å². The highest BCUT2D eigenvalue weighted by Crippen LogP contribution is 2.36. The Morgan fingerprint density at radius 3 is 2.73 bits per heavy atom. The Hall–Kier alpha value is -3.46. The first-order chi connectivity index (χ1) is 12.7. The van der Waals surface area contributed by atoms with Crippen LogP contribution in [0, 0.1) is 21.4 Å². The molecule has 26 heavy (non-hydrogen) atoms. The minimum atomic E-state index is -0.458. The van der Waals surface area contributed by atoms with Gasteiger partial charge in [-0.15, -0.1) is 0 Å². The Bertz CT molecular complexity index is 1030. The van der Waals surface area contributed by atoms with E-state index in [4.69, 9.17) is 4.98 Å². The van der Waals surface area contributed by atoms with Gasteiger partial charge in [-0.2, -0.15) is 5.26 Å². The number of hydrogen-bond donors (Lipinski definition) is 0. The van der Waals surface area contributed by atoms with Crippen LogP contribution in [0.2, 0.25) is 0 Å². The van der Waals surface area contributed by atoms with Crippen molar-refractivity contribution in [3.05, 3.63) is 75.8 Å². The molecule has 1 aliphatic heterocycles. The fraction of sp³-hybridized carbons (Fsp3) is 0.200. The van der Waals surface area contributed by atoms with Crippen LogP contribution in [-0.4, -0.2) is 16.5 Å². The third-order valence-electron chi connectivity index (χ3n) is 4.84. The number of pyridine rings is 1. The first kappa shape index (κ1) is 16.0. The van der Waals surface area contributed by atoms with E-state index in [9.17, 15) is 15.4 Å². The molecule has 3 aromatic rings. The van der Waals surface area contributed by atoms with Crippen molar-refractivity contribution in [2.45, 2.75) is 18.9 Å². The maximum atomic E-state index is 11.0. The molecule has 4 rings (SSSR count). The topological polar surface area (TPSA) is 83.1 Å². The fourth-order valence-electron chi connectivity index (χ4n) is 3.62. The minimum Gasteiger partial charge on any atom is -0.350 e. The van der Waals surface area contributed by atoms with E-state index in [2.05, 4.69) is 23.1 Å². The molecular weight excluding hydrogens is 328 g/mol. The molecular formula is C20H16N4O2. The molecule has 0 saturated carbocycles. The summed E-state index contributed by atoms with van der Waals surface area (Å²) in [7, 11) is 0. The van der Waals surface area contributed by atoms with E-state index in [1.165, 1.54) is 17.7 Å². The summed E-state index contributed by atoms with van der Waals surface area (Å²) in [5.74, 6) is 0.745. The summed E-state index contributed by atoms with van der Waals surface area (Å²) in [6.45, 7) is 0.871. The summed E-state index contributed by atoms with van der Waals surface area (Å²) in [6.07, 6.45) is 2.09. The number of nitro groups is 1. The maximum Gasteiger partial charge on any atom is 0.270 e. The second-order valence-electron chi connectivity index (χ2n) is 6.36. The van der Waals surface area contributed by atoms with Crippen molar-refractivity contribution < 1.29 is 4.92 Å². The summed E-state index contributed by atoms with van der Waals surface area (Å²) in [5.41, 5.74) is 2.21. The SMILES string of the molecule is N#Cc1cc(N2CCCC2c2ccccc2)nc2ccc([N+](=O)[O-])cc12. The highest BCUT2D eigenvalue weighted by atomic mass is 16.6. The van der Waals surface area contributed by atoms with Crippen LogP contribution in [0.4, 0.5) is 11.5 Å². The van der Waals surface area contributed by atoms with Crippen molar-refractivity contribution in [3.8, 4) is 6.07 Å². The first-order valence-electron chi connectivity index (χ1n) is 8.48. The number of aromatic nitrogens is 1. The fourth-order valence-corrected chi connectivity index (χ4v) is 3.62. The molecule has 1 atom stereocenters. The molecule has 1 fully saturated rings. The van der Waals surface area contributed by atoms with Crippen LogP contribution >= 0.6 is 0 Å². The summed E-state index contributed by atoms with van der Waals surface area (Å²) in [5, 5.41) is 21.1. The molecule has 1 aromatic heterocycles. The van der Waals surface area contributed by atoms with Gasteiger partial charge < -0.3 is 4.90 Å².